The van der Waals surface area contributed by atoms with E-state index in [4.69, 9.17) is 13.9 Å². The first kappa shape index (κ1) is 18.8. The third-order valence-electron chi connectivity index (χ3n) is 4.78. The lowest BCUT2D eigenvalue weighted by molar-refractivity contribution is -0.132. The Kier molecular flexibility index (Phi) is 6.01. The standard InChI is InChI=1S/C20H24N2O5/c1-25-15-5-6-18(26-2)16(12-15)17-4-3-10-22(17)19(23)7-9-21-20(24)14-8-11-27-13-14/h5-6,8,11-13,17H,3-4,7,9-10H2,1-2H3,(H,21,24). The fourth-order valence-corrected chi connectivity index (χ4v) is 3.41. The minimum absolute atomic E-state index is 0.00914. The van der Waals surface area contributed by atoms with Crippen LogP contribution in [0.4, 0.5) is 0 Å². The molecule has 1 fully saturated rings. The van der Waals surface area contributed by atoms with E-state index < -0.39 is 0 Å². The normalized spacial score (nSPS) is 16.2. The molecule has 1 aliphatic heterocycles. The van der Waals surface area contributed by atoms with Crippen molar-refractivity contribution in [3.8, 4) is 11.5 Å². The van der Waals surface area contributed by atoms with Gasteiger partial charge in [-0.15, -0.1) is 0 Å². The van der Waals surface area contributed by atoms with Crippen LogP contribution in [-0.2, 0) is 4.79 Å². The van der Waals surface area contributed by atoms with Crippen LogP contribution < -0.4 is 14.8 Å². The summed E-state index contributed by atoms with van der Waals surface area (Å²) in [4.78, 5) is 26.5. The molecule has 1 saturated heterocycles. The first-order valence-corrected chi connectivity index (χ1v) is 8.96. The highest BCUT2D eigenvalue weighted by Gasteiger charge is 2.31. The third kappa shape index (κ3) is 4.24. The minimum atomic E-state index is -0.246. The lowest BCUT2D eigenvalue weighted by Gasteiger charge is -2.27. The van der Waals surface area contributed by atoms with Crippen LogP contribution in [0.1, 0.15) is 41.2 Å². The fourth-order valence-electron chi connectivity index (χ4n) is 3.41. The maximum absolute atomic E-state index is 12.7. The van der Waals surface area contributed by atoms with Crippen LogP contribution in [0, 0.1) is 0 Å². The van der Waals surface area contributed by atoms with Crippen LogP contribution >= 0.6 is 0 Å². The van der Waals surface area contributed by atoms with Crippen molar-refractivity contribution in [1.29, 1.82) is 0 Å². The van der Waals surface area contributed by atoms with Gasteiger partial charge in [-0.25, -0.2) is 0 Å². The summed E-state index contributed by atoms with van der Waals surface area (Å²) in [5.41, 5.74) is 1.40. The molecular weight excluding hydrogens is 348 g/mol. The molecule has 0 spiro atoms. The zero-order valence-corrected chi connectivity index (χ0v) is 15.6. The van der Waals surface area contributed by atoms with Crippen molar-refractivity contribution in [2.45, 2.75) is 25.3 Å². The number of furan rings is 1. The molecule has 2 heterocycles. The minimum Gasteiger partial charge on any atom is -0.497 e. The molecule has 0 radical (unpaired) electrons. The smallest absolute Gasteiger partial charge is 0.254 e. The largest absolute Gasteiger partial charge is 0.497 e. The maximum atomic E-state index is 12.7. The number of benzene rings is 1. The maximum Gasteiger partial charge on any atom is 0.254 e. The van der Waals surface area contributed by atoms with E-state index in [1.165, 1.54) is 12.5 Å². The van der Waals surface area contributed by atoms with Gasteiger partial charge in [-0.1, -0.05) is 0 Å². The van der Waals surface area contributed by atoms with Crippen molar-refractivity contribution in [3.63, 3.8) is 0 Å². The van der Waals surface area contributed by atoms with Crippen LogP contribution in [0.3, 0.4) is 0 Å². The topological polar surface area (TPSA) is 81.0 Å². The Morgan fingerprint density at radius 2 is 2.11 bits per heavy atom. The molecule has 2 aromatic rings. The van der Waals surface area contributed by atoms with Gasteiger partial charge in [0.25, 0.3) is 5.91 Å². The average molecular weight is 372 g/mol. The molecule has 1 unspecified atom stereocenters. The van der Waals surface area contributed by atoms with Crippen LogP contribution in [0.5, 0.6) is 11.5 Å². The molecule has 0 bridgehead atoms. The van der Waals surface area contributed by atoms with Gasteiger partial charge in [0.2, 0.25) is 5.91 Å². The van der Waals surface area contributed by atoms with Crippen LogP contribution in [0.2, 0.25) is 0 Å². The Balaban J connectivity index is 1.64. The molecule has 2 amide bonds. The van der Waals surface area contributed by atoms with E-state index in [1.54, 1.807) is 20.3 Å². The van der Waals surface area contributed by atoms with Gasteiger partial charge in [-0.2, -0.15) is 0 Å². The Morgan fingerprint density at radius 3 is 2.81 bits per heavy atom. The van der Waals surface area contributed by atoms with Crippen molar-refractivity contribution in [3.05, 3.63) is 47.9 Å². The molecule has 7 nitrogen and oxygen atoms in total. The van der Waals surface area contributed by atoms with Crippen molar-refractivity contribution in [2.24, 2.45) is 0 Å². The van der Waals surface area contributed by atoms with Crippen molar-refractivity contribution >= 4 is 11.8 Å². The molecule has 1 aliphatic rings. The molecule has 0 saturated carbocycles. The Hall–Kier alpha value is -2.96. The molecule has 7 heteroatoms. The van der Waals surface area contributed by atoms with E-state index in [2.05, 4.69) is 5.32 Å². The Morgan fingerprint density at radius 1 is 1.26 bits per heavy atom. The number of carbonyl (C=O) groups is 2. The van der Waals surface area contributed by atoms with Gasteiger partial charge in [0.05, 0.1) is 32.1 Å². The summed E-state index contributed by atoms with van der Waals surface area (Å²) in [6.07, 6.45) is 4.86. The van der Waals surface area contributed by atoms with E-state index in [9.17, 15) is 9.59 Å². The molecule has 0 aliphatic carbocycles. The van der Waals surface area contributed by atoms with Crippen LogP contribution in [0.15, 0.2) is 41.2 Å². The summed E-state index contributed by atoms with van der Waals surface area (Å²) < 4.78 is 15.7. The van der Waals surface area contributed by atoms with E-state index in [0.29, 0.717) is 12.1 Å². The van der Waals surface area contributed by atoms with E-state index in [1.807, 2.05) is 23.1 Å². The van der Waals surface area contributed by atoms with Crippen LogP contribution in [0.25, 0.3) is 0 Å². The number of hydrogen-bond acceptors (Lipinski definition) is 5. The van der Waals surface area contributed by atoms with Gasteiger partial charge < -0.3 is 24.1 Å². The zero-order valence-electron chi connectivity index (χ0n) is 15.6. The predicted octanol–water partition coefficient (Wildman–Crippen LogP) is 2.78. The number of nitrogens with one attached hydrogen (secondary N) is 1. The van der Waals surface area contributed by atoms with Gasteiger partial charge in [0, 0.05) is 25.1 Å². The Bertz CT molecular complexity index is 788. The van der Waals surface area contributed by atoms with E-state index >= 15 is 0 Å². The quantitative estimate of drug-likeness (QED) is 0.808. The van der Waals surface area contributed by atoms with E-state index in [-0.39, 0.29) is 30.8 Å². The Labute approximate surface area is 158 Å². The van der Waals surface area contributed by atoms with Crippen molar-refractivity contribution in [2.75, 3.05) is 27.3 Å². The second-order valence-electron chi connectivity index (χ2n) is 6.37. The lowest BCUT2D eigenvalue weighted by Crippen LogP contribution is -2.34. The number of hydrogen-bond donors (Lipinski definition) is 1. The zero-order chi connectivity index (χ0) is 19.2. The monoisotopic (exact) mass is 372 g/mol. The first-order chi connectivity index (χ1) is 13.1. The summed E-state index contributed by atoms with van der Waals surface area (Å²) in [5, 5.41) is 2.74. The lowest BCUT2D eigenvalue weighted by atomic mass is 10.0. The number of ether oxygens (including phenoxy) is 2. The highest BCUT2D eigenvalue weighted by molar-refractivity contribution is 5.94. The van der Waals surface area contributed by atoms with E-state index in [0.717, 1.165) is 29.9 Å². The van der Waals surface area contributed by atoms with Gasteiger partial charge in [-0.3, -0.25) is 9.59 Å². The molecule has 144 valence electrons. The van der Waals surface area contributed by atoms with Gasteiger partial charge >= 0.3 is 0 Å². The number of nitrogens with zero attached hydrogens (tertiary/aromatic N) is 1. The molecule has 1 atom stereocenters. The SMILES string of the molecule is COc1ccc(OC)c(C2CCCN2C(=O)CCNC(=O)c2ccoc2)c1. The number of amides is 2. The number of carbonyl (C=O) groups excluding carboxylic acids is 2. The summed E-state index contributed by atoms with van der Waals surface area (Å²) in [7, 11) is 3.24. The molecule has 1 aromatic carbocycles. The number of rotatable bonds is 7. The molecule has 1 N–H and O–H groups in total. The average Bonchev–Trinajstić information content (AvgIpc) is 3.39. The summed E-state index contributed by atoms with van der Waals surface area (Å²) >= 11 is 0. The third-order valence-corrected chi connectivity index (χ3v) is 4.78. The fraction of sp³-hybridized carbons (Fsp3) is 0.400. The second kappa shape index (κ2) is 8.62. The molecule has 27 heavy (non-hydrogen) atoms. The van der Waals surface area contributed by atoms with Gasteiger partial charge in [0.15, 0.2) is 0 Å². The summed E-state index contributed by atoms with van der Waals surface area (Å²) in [6.45, 7) is 0.973. The van der Waals surface area contributed by atoms with Gasteiger partial charge in [0.1, 0.15) is 17.8 Å². The van der Waals surface area contributed by atoms with Gasteiger partial charge in [-0.05, 0) is 37.1 Å². The number of likely N-dealkylation sites (tertiary alicyclic amines) is 1. The molecular formula is C20H24N2O5. The first-order valence-electron chi connectivity index (χ1n) is 8.96. The van der Waals surface area contributed by atoms with Crippen molar-refractivity contribution in [1.82, 2.24) is 10.2 Å². The summed E-state index contributed by atoms with van der Waals surface area (Å²) in [6, 6.07) is 7.17. The predicted molar refractivity (Wildman–Crippen MR) is 98.9 cm³/mol. The van der Waals surface area contributed by atoms with Crippen LogP contribution in [-0.4, -0.2) is 44.0 Å². The second-order valence-corrected chi connectivity index (χ2v) is 6.37. The number of methoxy groups -OCH3 is 2. The highest BCUT2D eigenvalue weighted by Crippen LogP contribution is 2.39. The molecule has 1 aromatic heterocycles. The molecule has 3 rings (SSSR count). The highest BCUT2D eigenvalue weighted by atomic mass is 16.5. The summed E-state index contributed by atoms with van der Waals surface area (Å²) in [5.74, 6) is 1.24. The van der Waals surface area contributed by atoms with Crippen molar-refractivity contribution < 1.29 is 23.5 Å².